The zero-order chi connectivity index (χ0) is 17.5. The third kappa shape index (κ3) is 3.86. The number of sulfone groups is 1. The van der Waals surface area contributed by atoms with E-state index in [1.54, 1.807) is 0 Å². The first kappa shape index (κ1) is 18.2. The van der Waals surface area contributed by atoms with Gasteiger partial charge in [0.05, 0.1) is 22.0 Å². The van der Waals surface area contributed by atoms with Crippen LogP contribution in [-0.4, -0.2) is 45.2 Å². The Bertz CT molecular complexity index is 788. The normalized spacial score (nSPS) is 21.7. The number of benzene rings is 1. The molecule has 10 heteroatoms. The fraction of sp³-hybridized carbons (Fsp3) is 0.538. The van der Waals surface area contributed by atoms with Crippen molar-refractivity contribution in [2.45, 2.75) is 30.5 Å². The van der Waals surface area contributed by atoms with Gasteiger partial charge in [0.2, 0.25) is 10.0 Å². The number of halogens is 3. The quantitative estimate of drug-likeness (QED) is 0.811. The molecule has 23 heavy (non-hydrogen) atoms. The number of sulfonamides is 1. The van der Waals surface area contributed by atoms with Gasteiger partial charge in [0, 0.05) is 12.6 Å². The van der Waals surface area contributed by atoms with Crippen molar-refractivity contribution < 1.29 is 30.0 Å². The summed E-state index contributed by atoms with van der Waals surface area (Å²) in [4.78, 5) is -0.488. The van der Waals surface area contributed by atoms with Crippen LogP contribution in [0.25, 0.3) is 0 Å². The minimum absolute atomic E-state index is 0.0151. The first-order chi connectivity index (χ1) is 10.5. The highest BCUT2D eigenvalue weighted by Crippen LogP contribution is 2.32. The van der Waals surface area contributed by atoms with E-state index in [1.807, 2.05) is 0 Å². The lowest BCUT2D eigenvalue weighted by molar-refractivity contribution is -0.137. The molecule has 1 heterocycles. The van der Waals surface area contributed by atoms with Crippen molar-refractivity contribution in [3.8, 4) is 0 Å². The highest BCUT2D eigenvalue weighted by molar-refractivity contribution is 7.92. The van der Waals surface area contributed by atoms with Gasteiger partial charge in [-0.25, -0.2) is 16.8 Å². The van der Waals surface area contributed by atoms with E-state index in [0.717, 1.165) is 22.5 Å². The maximum absolute atomic E-state index is 12.8. The monoisotopic (exact) mass is 371 g/mol. The first-order valence-corrected chi connectivity index (χ1v) is 10.1. The maximum atomic E-state index is 12.8. The fourth-order valence-electron chi connectivity index (χ4n) is 2.60. The minimum Gasteiger partial charge on any atom is -0.229 e. The minimum atomic E-state index is -4.65. The summed E-state index contributed by atoms with van der Waals surface area (Å²) in [6.45, 7) is 1.51. The molecule has 0 amide bonds. The van der Waals surface area contributed by atoms with E-state index in [2.05, 4.69) is 0 Å². The van der Waals surface area contributed by atoms with Gasteiger partial charge >= 0.3 is 6.18 Å². The molecule has 1 fully saturated rings. The molecule has 1 atom stereocenters. The third-order valence-electron chi connectivity index (χ3n) is 3.70. The molecular formula is C13H16F3NO4S2. The second-order valence-corrected chi connectivity index (χ2v) is 9.41. The van der Waals surface area contributed by atoms with Crippen molar-refractivity contribution in [1.82, 2.24) is 4.31 Å². The van der Waals surface area contributed by atoms with E-state index in [1.165, 1.54) is 6.92 Å². The van der Waals surface area contributed by atoms with Crippen molar-refractivity contribution in [1.29, 1.82) is 0 Å². The third-order valence-corrected chi connectivity index (χ3v) is 7.47. The molecule has 1 aliphatic rings. The molecule has 5 nitrogen and oxygen atoms in total. The molecule has 1 saturated heterocycles. The summed E-state index contributed by atoms with van der Waals surface area (Å²) in [7, 11) is -7.51. The van der Waals surface area contributed by atoms with Crippen LogP contribution in [0.2, 0.25) is 0 Å². The molecule has 0 spiro atoms. The molecule has 1 aromatic carbocycles. The molecular weight excluding hydrogens is 355 g/mol. The summed E-state index contributed by atoms with van der Waals surface area (Å²) in [6, 6.07) is 2.71. The fourth-order valence-corrected chi connectivity index (χ4v) is 6.13. The van der Waals surface area contributed by atoms with Gasteiger partial charge in [-0.2, -0.15) is 17.5 Å². The number of alkyl halides is 3. The Balaban J connectivity index is 2.40. The van der Waals surface area contributed by atoms with E-state index in [0.29, 0.717) is 6.07 Å². The van der Waals surface area contributed by atoms with E-state index in [-0.39, 0.29) is 24.5 Å². The van der Waals surface area contributed by atoms with Gasteiger partial charge in [0.15, 0.2) is 9.84 Å². The van der Waals surface area contributed by atoms with Crippen molar-refractivity contribution >= 4 is 19.9 Å². The molecule has 0 aliphatic carbocycles. The predicted molar refractivity (Wildman–Crippen MR) is 78.1 cm³/mol. The van der Waals surface area contributed by atoms with Crippen LogP contribution < -0.4 is 0 Å². The van der Waals surface area contributed by atoms with Gasteiger partial charge in [-0.15, -0.1) is 0 Å². The van der Waals surface area contributed by atoms with Gasteiger partial charge in [-0.3, -0.25) is 0 Å². The summed E-state index contributed by atoms with van der Waals surface area (Å²) in [5.41, 5.74) is -1.06. The van der Waals surface area contributed by atoms with Crippen LogP contribution in [0.5, 0.6) is 0 Å². The van der Waals surface area contributed by atoms with E-state index < -0.39 is 42.5 Å². The highest BCUT2D eigenvalue weighted by Gasteiger charge is 2.39. The number of hydrogen-bond acceptors (Lipinski definition) is 4. The zero-order valence-electron chi connectivity index (χ0n) is 12.2. The molecule has 0 N–H and O–H groups in total. The Morgan fingerprint density at radius 2 is 1.96 bits per heavy atom. The van der Waals surface area contributed by atoms with Crippen LogP contribution in [0, 0.1) is 0 Å². The predicted octanol–water partition coefficient (Wildman–Crippen LogP) is 1.90. The number of rotatable bonds is 4. The SMILES string of the molecule is CCN(C1CCS(=O)(=O)C1)S(=O)(=O)c1cccc(C(F)(F)F)c1. The average molecular weight is 371 g/mol. The van der Waals surface area contributed by atoms with Gasteiger partial charge < -0.3 is 0 Å². The molecule has 0 bridgehead atoms. The van der Waals surface area contributed by atoms with Gasteiger partial charge in [-0.05, 0) is 24.6 Å². The van der Waals surface area contributed by atoms with E-state index in [9.17, 15) is 30.0 Å². The lowest BCUT2D eigenvalue weighted by Crippen LogP contribution is -2.40. The van der Waals surface area contributed by atoms with Crippen LogP contribution in [0.1, 0.15) is 18.9 Å². The average Bonchev–Trinajstić information content (AvgIpc) is 2.78. The maximum Gasteiger partial charge on any atom is 0.416 e. The topological polar surface area (TPSA) is 71.5 Å². The number of nitrogens with zero attached hydrogens (tertiary/aromatic N) is 1. The Labute approximate surface area is 133 Å². The molecule has 0 saturated carbocycles. The summed E-state index contributed by atoms with van der Waals surface area (Å²) >= 11 is 0. The van der Waals surface area contributed by atoms with Crippen LogP contribution in [0.15, 0.2) is 29.2 Å². The van der Waals surface area contributed by atoms with Crippen molar-refractivity contribution in [3.63, 3.8) is 0 Å². The van der Waals surface area contributed by atoms with Crippen LogP contribution in [0.3, 0.4) is 0 Å². The molecule has 1 aromatic rings. The Hall–Kier alpha value is -1.13. The molecule has 130 valence electrons. The largest absolute Gasteiger partial charge is 0.416 e. The zero-order valence-corrected chi connectivity index (χ0v) is 13.9. The van der Waals surface area contributed by atoms with E-state index in [4.69, 9.17) is 0 Å². The first-order valence-electron chi connectivity index (χ1n) is 6.87. The van der Waals surface area contributed by atoms with Crippen LogP contribution >= 0.6 is 0 Å². The number of hydrogen-bond donors (Lipinski definition) is 0. The molecule has 0 radical (unpaired) electrons. The Morgan fingerprint density at radius 1 is 1.30 bits per heavy atom. The molecule has 1 unspecified atom stereocenters. The second kappa shape index (κ2) is 6.06. The molecule has 2 rings (SSSR count). The van der Waals surface area contributed by atoms with Gasteiger partial charge in [-0.1, -0.05) is 13.0 Å². The lowest BCUT2D eigenvalue weighted by Gasteiger charge is -2.26. The molecule has 0 aromatic heterocycles. The lowest BCUT2D eigenvalue weighted by atomic mass is 10.2. The van der Waals surface area contributed by atoms with Gasteiger partial charge in [0.25, 0.3) is 0 Å². The summed E-state index contributed by atoms with van der Waals surface area (Å²) in [6.07, 6.45) is -4.51. The Kier molecular flexibility index (Phi) is 4.80. The van der Waals surface area contributed by atoms with Crippen LogP contribution in [-0.2, 0) is 26.0 Å². The standard InChI is InChI=1S/C13H16F3NO4S2/c1-2-17(11-6-7-22(18,19)9-11)23(20,21)12-5-3-4-10(8-12)13(14,15)16/h3-5,8,11H,2,6-7,9H2,1H3. The molecule has 1 aliphatic heterocycles. The summed E-state index contributed by atoms with van der Waals surface area (Å²) < 4.78 is 87.5. The smallest absolute Gasteiger partial charge is 0.229 e. The summed E-state index contributed by atoms with van der Waals surface area (Å²) in [5, 5.41) is 0. The Morgan fingerprint density at radius 3 is 2.43 bits per heavy atom. The second-order valence-electron chi connectivity index (χ2n) is 5.29. The summed E-state index contributed by atoms with van der Waals surface area (Å²) in [5.74, 6) is -0.425. The van der Waals surface area contributed by atoms with Crippen molar-refractivity contribution in [2.75, 3.05) is 18.1 Å². The van der Waals surface area contributed by atoms with Crippen molar-refractivity contribution in [2.24, 2.45) is 0 Å². The van der Waals surface area contributed by atoms with Gasteiger partial charge in [0.1, 0.15) is 0 Å². The van der Waals surface area contributed by atoms with Crippen molar-refractivity contribution in [3.05, 3.63) is 29.8 Å². The highest BCUT2D eigenvalue weighted by atomic mass is 32.2. The van der Waals surface area contributed by atoms with Crippen LogP contribution in [0.4, 0.5) is 13.2 Å². The van der Waals surface area contributed by atoms with E-state index >= 15 is 0 Å².